The predicted octanol–water partition coefficient (Wildman–Crippen LogP) is 4.82. The standard InChI is InChI=1S/C22H30F3NO2/c23-22(24,25)19-8-4-7-18(13-19)15-21(16-27)9-11-26(12-10-21)20(28)14-17-5-2-1-3-6-17/h4,7-8,13,17,27H,1-3,5-6,9-12,14-16H2. The summed E-state index contributed by atoms with van der Waals surface area (Å²) in [7, 11) is 0. The molecule has 3 rings (SSSR count). The Bertz CT molecular complexity index is 660. The maximum Gasteiger partial charge on any atom is 0.416 e. The molecule has 2 aliphatic rings. The van der Waals surface area contributed by atoms with Crippen molar-refractivity contribution in [1.29, 1.82) is 0 Å². The van der Waals surface area contributed by atoms with Crippen LogP contribution in [0.5, 0.6) is 0 Å². The molecule has 6 heteroatoms. The van der Waals surface area contributed by atoms with Gasteiger partial charge in [-0.25, -0.2) is 0 Å². The van der Waals surface area contributed by atoms with Crippen LogP contribution in [0.3, 0.4) is 0 Å². The van der Waals surface area contributed by atoms with Crippen LogP contribution in [0.4, 0.5) is 13.2 Å². The molecule has 156 valence electrons. The van der Waals surface area contributed by atoms with Gasteiger partial charge in [0.15, 0.2) is 0 Å². The van der Waals surface area contributed by atoms with Crippen LogP contribution < -0.4 is 0 Å². The lowest BCUT2D eigenvalue weighted by atomic mass is 9.74. The molecular weight excluding hydrogens is 367 g/mol. The highest BCUT2D eigenvalue weighted by atomic mass is 19.4. The SMILES string of the molecule is O=C(CC1CCCCC1)N1CCC(CO)(Cc2cccc(C(F)(F)F)c2)CC1. The zero-order valence-corrected chi connectivity index (χ0v) is 16.3. The van der Waals surface area contributed by atoms with Crippen molar-refractivity contribution in [3.8, 4) is 0 Å². The topological polar surface area (TPSA) is 40.5 Å². The summed E-state index contributed by atoms with van der Waals surface area (Å²) in [5, 5.41) is 9.99. The van der Waals surface area contributed by atoms with Crippen molar-refractivity contribution >= 4 is 5.91 Å². The summed E-state index contributed by atoms with van der Waals surface area (Å²) in [5.74, 6) is 0.688. The van der Waals surface area contributed by atoms with Gasteiger partial charge in [0.25, 0.3) is 0 Å². The van der Waals surface area contributed by atoms with Gasteiger partial charge in [0, 0.05) is 31.5 Å². The minimum Gasteiger partial charge on any atom is -0.396 e. The monoisotopic (exact) mass is 397 g/mol. The van der Waals surface area contributed by atoms with Gasteiger partial charge in [0.1, 0.15) is 0 Å². The third-order valence-corrected chi connectivity index (χ3v) is 6.53. The van der Waals surface area contributed by atoms with Crippen LogP contribution in [-0.2, 0) is 17.4 Å². The molecule has 2 fully saturated rings. The van der Waals surface area contributed by atoms with Crippen molar-refractivity contribution in [3.63, 3.8) is 0 Å². The molecule has 0 spiro atoms. The van der Waals surface area contributed by atoms with Gasteiger partial charge in [-0.2, -0.15) is 13.2 Å². The highest BCUT2D eigenvalue weighted by molar-refractivity contribution is 5.76. The van der Waals surface area contributed by atoms with E-state index in [1.165, 1.54) is 31.4 Å². The molecule has 1 aromatic rings. The van der Waals surface area contributed by atoms with Crippen molar-refractivity contribution in [2.75, 3.05) is 19.7 Å². The van der Waals surface area contributed by atoms with Gasteiger partial charge in [-0.3, -0.25) is 4.79 Å². The van der Waals surface area contributed by atoms with Crippen LogP contribution in [-0.4, -0.2) is 35.6 Å². The molecule has 1 heterocycles. The molecule has 1 aliphatic carbocycles. The van der Waals surface area contributed by atoms with Gasteiger partial charge in [-0.15, -0.1) is 0 Å². The van der Waals surface area contributed by atoms with Gasteiger partial charge in [0.2, 0.25) is 5.91 Å². The number of amides is 1. The number of piperidine rings is 1. The molecule has 1 amide bonds. The molecule has 1 aliphatic heterocycles. The first-order valence-electron chi connectivity index (χ1n) is 10.4. The second kappa shape index (κ2) is 8.85. The molecule has 0 aromatic heterocycles. The fraction of sp³-hybridized carbons (Fsp3) is 0.682. The van der Waals surface area contributed by atoms with E-state index in [9.17, 15) is 23.1 Å². The number of hydrogen-bond donors (Lipinski definition) is 1. The van der Waals surface area contributed by atoms with Gasteiger partial charge in [-0.05, 0) is 49.7 Å². The lowest BCUT2D eigenvalue weighted by molar-refractivity contribution is -0.138. The van der Waals surface area contributed by atoms with Crippen molar-refractivity contribution < 1.29 is 23.1 Å². The molecule has 1 saturated heterocycles. The lowest BCUT2D eigenvalue weighted by Gasteiger charge is -2.41. The first kappa shape index (κ1) is 21.2. The minimum absolute atomic E-state index is 0.0755. The molecule has 1 saturated carbocycles. The number of nitrogens with zero attached hydrogens (tertiary/aromatic N) is 1. The van der Waals surface area contributed by atoms with E-state index in [1.807, 2.05) is 4.90 Å². The number of likely N-dealkylation sites (tertiary alicyclic amines) is 1. The van der Waals surface area contributed by atoms with E-state index in [1.54, 1.807) is 6.07 Å². The van der Waals surface area contributed by atoms with Crippen LogP contribution in [0.25, 0.3) is 0 Å². The van der Waals surface area contributed by atoms with E-state index in [0.717, 1.165) is 18.9 Å². The van der Waals surface area contributed by atoms with Gasteiger partial charge in [0.05, 0.1) is 5.56 Å². The fourth-order valence-electron chi connectivity index (χ4n) is 4.68. The molecule has 0 atom stereocenters. The Kier molecular flexibility index (Phi) is 6.69. The lowest BCUT2D eigenvalue weighted by Crippen LogP contribution is -2.46. The maximum atomic E-state index is 13.0. The fourth-order valence-corrected chi connectivity index (χ4v) is 4.68. The highest BCUT2D eigenvalue weighted by Gasteiger charge is 2.37. The Hall–Kier alpha value is -1.56. The Labute approximate surface area is 164 Å². The molecular formula is C22H30F3NO2. The second-order valence-electron chi connectivity index (χ2n) is 8.62. The Morgan fingerprint density at radius 2 is 1.82 bits per heavy atom. The number of aliphatic hydroxyl groups is 1. The molecule has 0 unspecified atom stereocenters. The third kappa shape index (κ3) is 5.28. The van der Waals surface area contributed by atoms with E-state index in [4.69, 9.17) is 0 Å². The van der Waals surface area contributed by atoms with E-state index in [-0.39, 0.29) is 12.5 Å². The van der Waals surface area contributed by atoms with Crippen LogP contribution in [0.2, 0.25) is 0 Å². The van der Waals surface area contributed by atoms with Gasteiger partial charge in [-0.1, -0.05) is 37.5 Å². The molecule has 0 bridgehead atoms. The van der Waals surface area contributed by atoms with Crippen molar-refractivity contribution in [1.82, 2.24) is 4.90 Å². The first-order chi connectivity index (χ1) is 13.3. The third-order valence-electron chi connectivity index (χ3n) is 6.53. The van der Waals surface area contributed by atoms with Crippen LogP contribution in [0.15, 0.2) is 24.3 Å². The molecule has 1 aromatic carbocycles. The quantitative estimate of drug-likeness (QED) is 0.774. The summed E-state index contributed by atoms with van der Waals surface area (Å²) >= 11 is 0. The Balaban J connectivity index is 1.58. The number of benzene rings is 1. The van der Waals surface area contributed by atoms with E-state index in [2.05, 4.69) is 0 Å². The Morgan fingerprint density at radius 1 is 1.14 bits per heavy atom. The van der Waals surface area contributed by atoms with Crippen molar-refractivity contribution in [2.45, 2.75) is 64.0 Å². The number of alkyl halides is 3. The molecule has 1 N–H and O–H groups in total. The number of aliphatic hydroxyl groups excluding tert-OH is 1. The minimum atomic E-state index is -4.36. The second-order valence-corrected chi connectivity index (χ2v) is 8.62. The first-order valence-corrected chi connectivity index (χ1v) is 10.4. The summed E-state index contributed by atoms with van der Waals surface area (Å²) in [6.07, 6.45) is 3.85. The predicted molar refractivity (Wildman–Crippen MR) is 102 cm³/mol. The number of carbonyl (C=O) groups excluding carboxylic acids is 1. The number of hydrogen-bond acceptors (Lipinski definition) is 2. The maximum absolute atomic E-state index is 13.0. The number of halogens is 3. The van der Waals surface area contributed by atoms with E-state index >= 15 is 0 Å². The van der Waals surface area contributed by atoms with E-state index < -0.39 is 17.2 Å². The molecule has 3 nitrogen and oxygen atoms in total. The average molecular weight is 397 g/mol. The number of rotatable bonds is 5. The zero-order valence-electron chi connectivity index (χ0n) is 16.3. The van der Waals surface area contributed by atoms with Crippen LogP contribution in [0, 0.1) is 11.3 Å². The summed E-state index contributed by atoms with van der Waals surface area (Å²) < 4.78 is 38.9. The highest BCUT2D eigenvalue weighted by Crippen LogP contribution is 2.37. The summed E-state index contributed by atoms with van der Waals surface area (Å²) in [4.78, 5) is 14.5. The molecule has 0 radical (unpaired) electrons. The largest absolute Gasteiger partial charge is 0.416 e. The van der Waals surface area contributed by atoms with Crippen molar-refractivity contribution in [3.05, 3.63) is 35.4 Å². The summed E-state index contributed by atoms with van der Waals surface area (Å²) in [5.41, 5.74) is -0.518. The van der Waals surface area contributed by atoms with Crippen LogP contribution in [0.1, 0.15) is 62.5 Å². The zero-order chi connectivity index (χ0) is 20.2. The normalized spacial score (nSPS) is 20.9. The van der Waals surface area contributed by atoms with Crippen molar-refractivity contribution in [2.24, 2.45) is 11.3 Å². The van der Waals surface area contributed by atoms with Crippen LogP contribution >= 0.6 is 0 Å². The average Bonchev–Trinajstić information content (AvgIpc) is 2.69. The number of carbonyl (C=O) groups is 1. The Morgan fingerprint density at radius 3 is 2.43 bits per heavy atom. The van der Waals surface area contributed by atoms with E-state index in [0.29, 0.717) is 50.3 Å². The summed E-state index contributed by atoms with van der Waals surface area (Å²) in [6, 6.07) is 5.36. The van der Waals surface area contributed by atoms with Gasteiger partial charge >= 0.3 is 6.18 Å². The van der Waals surface area contributed by atoms with Gasteiger partial charge < -0.3 is 10.0 Å². The smallest absolute Gasteiger partial charge is 0.396 e. The summed E-state index contributed by atoms with van der Waals surface area (Å²) in [6.45, 7) is 1.07. The molecule has 28 heavy (non-hydrogen) atoms.